The summed E-state index contributed by atoms with van der Waals surface area (Å²) in [5.41, 5.74) is 0. The zero-order valence-electron chi connectivity index (χ0n) is 7.24. The van der Waals surface area contributed by atoms with Crippen LogP contribution in [0.25, 0.3) is 0 Å². The van der Waals surface area contributed by atoms with Crippen molar-refractivity contribution in [3.63, 3.8) is 0 Å². The van der Waals surface area contributed by atoms with E-state index in [9.17, 15) is 0 Å². The lowest BCUT2D eigenvalue weighted by molar-refractivity contribution is 0.279. The van der Waals surface area contributed by atoms with Gasteiger partial charge < -0.3 is 4.74 Å². The summed E-state index contributed by atoms with van der Waals surface area (Å²) in [4.78, 5) is 8.03. The van der Waals surface area contributed by atoms with E-state index in [1.807, 2.05) is 0 Å². The third kappa shape index (κ3) is 2.95. The fraction of sp³-hybridized carbons (Fsp3) is 0.556. The number of hydrogen-bond acceptors (Lipinski definition) is 3. The Hall–Kier alpha value is -0.640. The Morgan fingerprint density at radius 3 is 2.69 bits per heavy atom. The van der Waals surface area contributed by atoms with Gasteiger partial charge in [-0.2, -0.15) is 0 Å². The molecule has 2 rings (SSSR count). The summed E-state index contributed by atoms with van der Waals surface area (Å²) >= 11 is 3.27. The maximum absolute atomic E-state index is 5.37. The third-order valence-corrected chi connectivity index (χ3v) is 2.46. The quantitative estimate of drug-likeness (QED) is 0.814. The molecular formula is C9H11BrN2O. The first-order valence-electron chi connectivity index (χ1n) is 4.45. The fourth-order valence-electron chi connectivity index (χ4n) is 1.10. The lowest BCUT2D eigenvalue weighted by atomic mass is 10.3. The first kappa shape index (κ1) is 8.94. The summed E-state index contributed by atoms with van der Waals surface area (Å²) in [5, 5.41) is 0. The first-order chi connectivity index (χ1) is 6.34. The molecular weight excluding hydrogens is 232 g/mol. The van der Waals surface area contributed by atoms with E-state index in [1.165, 1.54) is 12.8 Å². The number of ether oxygens (including phenoxy) is 1. The summed E-state index contributed by atoms with van der Waals surface area (Å²) in [5.74, 6) is 0.899. The molecule has 0 N–H and O–H groups in total. The minimum absolute atomic E-state index is 0.476. The van der Waals surface area contributed by atoms with Crippen LogP contribution < -0.4 is 4.74 Å². The molecule has 13 heavy (non-hydrogen) atoms. The monoisotopic (exact) mass is 242 g/mol. The van der Waals surface area contributed by atoms with Crippen molar-refractivity contribution < 1.29 is 4.74 Å². The second-order valence-corrected chi connectivity index (χ2v) is 4.18. The Bertz CT molecular complexity index is 271. The molecule has 1 saturated carbocycles. The van der Waals surface area contributed by atoms with E-state index in [1.54, 1.807) is 12.4 Å². The van der Waals surface area contributed by atoms with Crippen LogP contribution in [-0.2, 0) is 0 Å². The molecule has 0 saturated heterocycles. The fourth-order valence-corrected chi connectivity index (χ4v) is 1.30. The van der Waals surface area contributed by atoms with E-state index < -0.39 is 0 Å². The van der Waals surface area contributed by atoms with Crippen molar-refractivity contribution >= 4 is 15.9 Å². The molecule has 0 radical (unpaired) electrons. The summed E-state index contributed by atoms with van der Waals surface area (Å²) < 4.78 is 6.25. The third-order valence-electron chi connectivity index (χ3n) is 2.05. The average molecular weight is 243 g/mol. The number of rotatable bonds is 4. The predicted molar refractivity (Wildman–Crippen MR) is 52.6 cm³/mol. The van der Waals surface area contributed by atoms with Gasteiger partial charge in [0, 0.05) is 12.4 Å². The Morgan fingerprint density at radius 1 is 1.38 bits per heavy atom. The molecule has 1 fully saturated rings. The summed E-state index contributed by atoms with van der Waals surface area (Å²) in [7, 11) is 0. The Kier molecular flexibility index (Phi) is 2.78. The van der Waals surface area contributed by atoms with E-state index in [4.69, 9.17) is 4.74 Å². The molecule has 0 amide bonds. The molecule has 1 heterocycles. The van der Waals surface area contributed by atoms with Crippen LogP contribution in [-0.4, -0.2) is 16.6 Å². The van der Waals surface area contributed by atoms with Crippen LogP contribution in [0.4, 0.5) is 0 Å². The molecule has 1 aromatic rings. The van der Waals surface area contributed by atoms with Gasteiger partial charge in [-0.15, -0.1) is 0 Å². The standard InChI is InChI=1S/C9H11BrN2O/c10-8-5-11-9(12-6-8)13-4-3-7-1-2-7/h5-7H,1-4H2. The molecule has 0 aliphatic heterocycles. The number of halogens is 1. The van der Waals surface area contributed by atoms with Gasteiger partial charge in [0.25, 0.3) is 0 Å². The summed E-state index contributed by atoms with van der Waals surface area (Å²) in [6.07, 6.45) is 7.26. The van der Waals surface area contributed by atoms with Crippen molar-refractivity contribution in [3.05, 3.63) is 16.9 Å². The van der Waals surface area contributed by atoms with Gasteiger partial charge in [-0.05, 0) is 28.3 Å². The van der Waals surface area contributed by atoms with Gasteiger partial charge in [-0.1, -0.05) is 12.8 Å². The normalized spacial score (nSPS) is 15.8. The highest BCUT2D eigenvalue weighted by molar-refractivity contribution is 9.10. The molecule has 0 spiro atoms. The van der Waals surface area contributed by atoms with Gasteiger partial charge in [0.15, 0.2) is 0 Å². The number of nitrogens with zero attached hydrogens (tertiary/aromatic N) is 2. The van der Waals surface area contributed by atoms with Gasteiger partial charge in [-0.25, -0.2) is 9.97 Å². The van der Waals surface area contributed by atoms with Crippen LogP contribution in [0.5, 0.6) is 6.01 Å². The second kappa shape index (κ2) is 4.05. The van der Waals surface area contributed by atoms with E-state index in [2.05, 4.69) is 25.9 Å². The van der Waals surface area contributed by atoms with Gasteiger partial charge in [0.05, 0.1) is 11.1 Å². The highest BCUT2D eigenvalue weighted by atomic mass is 79.9. The molecule has 1 aromatic heterocycles. The van der Waals surface area contributed by atoms with Crippen LogP contribution in [0.3, 0.4) is 0 Å². The largest absolute Gasteiger partial charge is 0.463 e. The minimum atomic E-state index is 0.476. The van der Waals surface area contributed by atoms with Crippen molar-refractivity contribution in [2.45, 2.75) is 19.3 Å². The maximum Gasteiger partial charge on any atom is 0.316 e. The van der Waals surface area contributed by atoms with Gasteiger partial charge in [0.1, 0.15) is 0 Å². The predicted octanol–water partition coefficient (Wildman–Crippen LogP) is 2.42. The molecule has 0 unspecified atom stereocenters. The molecule has 1 aliphatic carbocycles. The van der Waals surface area contributed by atoms with Crippen molar-refractivity contribution in [2.24, 2.45) is 5.92 Å². The highest BCUT2D eigenvalue weighted by Gasteiger charge is 2.20. The average Bonchev–Trinajstić information content (AvgIpc) is 2.92. The maximum atomic E-state index is 5.37. The van der Waals surface area contributed by atoms with Crippen LogP contribution in [0.1, 0.15) is 19.3 Å². The van der Waals surface area contributed by atoms with Crippen LogP contribution in [0.2, 0.25) is 0 Å². The van der Waals surface area contributed by atoms with E-state index in [0.29, 0.717) is 6.01 Å². The first-order valence-corrected chi connectivity index (χ1v) is 5.24. The molecule has 0 atom stereocenters. The number of hydrogen-bond donors (Lipinski definition) is 0. The van der Waals surface area contributed by atoms with Crippen molar-refractivity contribution in [1.29, 1.82) is 0 Å². The number of aromatic nitrogens is 2. The zero-order chi connectivity index (χ0) is 9.10. The lowest BCUT2D eigenvalue weighted by Crippen LogP contribution is -2.01. The highest BCUT2D eigenvalue weighted by Crippen LogP contribution is 2.32. The van der Waals surface area contributed by atoms with Crippen LogP contribution in [0.15, 0.2) is 16.9 Å². The summed E-state index contributed by atoms with van der Waals surface area (Å²) in [6, 6.07) is 0.476. The zero-order valence-corrected chi connectivity index (χ0v) is 8.83. The van der Waals surface area contributed by atoms with E-state index >= 15 is 0 Å². The molecule has 4 heteroatoms. The van der Waals surface area contributed by atoms with Crippen molar-refractivity contribution in [3.8, 4) is 6.01 Å². The second-order valence-electron chi connectivity index (χ2n) is 3.26. The Balaban J connectivity index is 1.76. The molecule has 3 nitrogen and oxygen atoms in total. The molecule has 0 aromatic carbocycles. The molecule has 1 aliphatic rings. The lowest BCUT2D eigenvalue weighted by Gasteiger charge is -2.02. The Morgan fingerprint density at radius 2 is 2.08 bits per heavy atom. The van der Waals surface area contributed by atoms with Crippen LogP contribution >= 0.6 is 15.9 Å². The van der Waals surface area contributed by atoms with Crippen molar-refractivity contribution in [2.75, 3.05) is 6.61 Å². The van der Waals surface area contributed by atoms with Gasteiger partial charge in [-0.3, -0.25) is 0 Å². The van der Waals surface area contributed by atoms with Gasteiger partial charge in [0.2, 0.25) is 0 Å². The Labute approximate surface area is 85.7 Å². The topological polar surface area (TPSA) is 35.0 Å². The SMILES string of the molecule is Brc1cnc(OCCC2CC2)nc1. The minimum Gasteiger partial charge on any atom is -0.463 e. The van der Waals surface area contributed by atoms with E-state index in [0.717, 1.165) is 23.4 Å². The molecule has 70 valence electrons. The van der Waals surface area contributed by atoms with E-state index in [-0.39, 0.29) is 0 Å². The summed E-state index contributed by atoms with van der Waals surface area (Å²) in [6.45, 7) is 0.742. The van der Waals surface area contributed by atoms with Crippen molar-refractivity contribution in [1.82, 2.24) is 9.97 Å². The molecule has 0 bridgehead atoms. The smallest absolute Gasteiger partial charge is 0.316 e. The van der Waals surface area contributed by atoms with Gasteiger partial charge >= 0.3 is 6.01 Å². The van der Waals surface area contributed by atoms with Crippen LogP contribution in [0, 0.1) is 5.92 Å².